The van der Waals surface area contributed by atoms with Crippen LogP contribution in [0.4, 0.5) is 4.39 Å². The van der Waals surface area contributed by atoms with Gasteiger partial charge in [-0.3, -0.25) is 0 Å². The highest BCUT2D eigenvalue weighted by molar-refractivity contribution is 7.91. The largest absolute Gasteiger partial charge is 0.393 e. The van der Waals surface area contributed by atoms with Gasteiger partial charge in [0.25, 0.3) is 5.16 Å². The molecule has 1 fully saturated rings. The standard InChI is InChI=1S/C15H16FN3O3S/c16-12-8-13(9-4-2-1-3-5-9)19-14(12)17-15(18-19)23(21,22)11-6-10(20)7-11/h1-5,10-13,20H,6-8H2/t10?,11?,12-,13-/m0/s1. The molecule has 0 amide bonds. The van der Waals surface area contributed by atoms with Crippen LogP contribution in [0.3, 0.4) is 0 Å². The maximum Gasteiger partial charge on any atom is 0.267 e. The summed E-state index contributed by atoms with van der Waals surface area (Å²) < 4.78 is 40.5. The number of aromatic nitrogens is 3. The van der Waals surface area contributed by atoms with Crippen molar-refractivity contribution >= 4 is 9.84 Å². The highest BCUT2D eigenvalue weighted by Gasteiger charge is 2.43. The molecule has 0 saturated heterocycles. The molecule has 2 aromatic rings. The number of sulfone groups is 1. The first-order chi connectivity index (χ1) is 11.0. The number of aliphatic hydroxyl groups excluding tert-OH is 1. The third-order valence-corrected chi connectivity index (χ3v) is 6.54. The summed E-state index contributed by atoms with van der Waals surface area (Å²) in [6.07, 6.45) is -1.33. The summed E-state index contributed by atoms with van der Waals surface area (Å²) in [6.45, 7) is 0. The number of alkyl halides is 1. The van der Waals surface area contributed by atoms with E-state index in [4.69, 9.17) is 0 Å². The van der Waals surface area contributed by atoms with Gasteiger partial charge in [-0.2, -0.15) is 4.98 Å². The lowest BCUT2D eigenvalue weighted by atomic mass is 9.96. The van der Waals surface area contributed by atoms with Gasteiger partial charge in [-0.15, -0.1) is 5.10 Å². The summed E-state index contributed by atoms with van der Waals surface area (Å²) in [4.78, 5) is 3.95. The highest BCUT2D eigenvalue weighted by Crippen LogP contribution is 2.40. The number of fused-ring (bicyclic) bond motifs is 1. The van der Waals surface area contributed by atoms with Gasteiger partial charge in [-0.1, -0.05) is 30.3 Å². The minimum absolute atomic E-state index is 0.0669. The fourth-order valence-corrected chi connectivity index (χ4v) is 4.84. The van der Waals surface area contributed by atoms with Gasteiger partial charge in [-0.05, 0) is 18.4 Å². The molecule has 0 spiro atoms. The second kappa shape index (κ2) is 5.10. The topological polar surface area (TPSA) is 85.1 Å². The van der Waals surface area contributed by atoms with Crippen LogP contribution in [0.15, 0.2) is 35.5 Å². The number of aliphatic hydroxyl groups is 1. The SMILES string of the molecule is O=S(=O)(c1nc2n(n1)[C@H](c1ccccc1)C[C@@H]2F)C1CC(O)C1. The number of benzene rings is 1. The molecule has 2 heterocycles. The van der Waals surface area contributed by atoms with Crippen LogP contribution in [0.1, 0.15) is 42.9 Å². The Hall–Kier alpha value is -1.80. The van der Waals surface area contributed by atoms with Gasteiger partial charge in [-0.25, -0.2) is 17.5 Å². The molecule has 1 aliphatic heterocycles. The lowest BCUT2D eigenvalue weighted by Gasteiger charge is -2.29. The Kier molecular flexibility index (Phi) is 3.28. The number of rotatable bonds is 3. The number of hydrogen-bond acceptors (Lipinski definition) is 5. The Morgan fingerprint density at radius 1 is 1.17 bits per heavy atom. The molecule has 0 radical (unpaired) electrons. The van der Waals surface area contributed by atoms with E-state index in [1.807, 2.05) is 30.3 Å². The minimum Gasteiger partial charge on any atom is -0.393 e. The molecule has 1 aromatic carbocycles. The lowest BCUT2D eigenvalue weighted by Crippen LogP contribution is -2.39. The van der Waals surface area contributed by atoms with E-state index in [0.29, 0.717) is 0 Å². The van der Waals surface area contributed by atoms with Gasteiger partial charge in [0.15, 0.2) is 12.0 Å². The molecule has 122 valence electrons. The summed E-state index contributed by atoms with van der Waals surface area (Å²) in [5, 5.41) is 12.4. The Balaban J connectivity index is 1.71. The van der Waals surface area contributed by atoms with Crippen LogP contribution in [0, 0.1) is 0 Å². The zero-order valence-corrected chi connectivity index (χ0v) is 13.0. The number of halogens is 1. The molecule has 1 N–H and O–H groups in total. The number of hydrogen-bond donors (Lipinski definition) is 1. The van der Waals surface area contributed by atoms with E-state index < -0.39 is 27.4 Å². The van der Waals surface area contributed by atoms with Crippen LogP contribution < -0.4 is 0 Å². The average molecular weight is 337 g/mol. The van der Waals surface area contributed by atoms with Crippen LogP contribution in [-0.2, 0) is 9.84 Å². The van der Waals surface area contributed by atoms with Gasteiger partial charge in [0.05, 0.1) is 17.4 Å². The zero-order chi connectivity index (χ0) is 16.2. The molecule has 8 heteroatoms. The fourth-order valence-electron chi connectivity index (χ4n) is 3.17. The number of nitrogens with zero attached hydrogens (tertiary/aromatic N) is 3. The van der Waals surface area contributed by atoms with Gasteiger partial charge < -0.3 is 5.11 Å². The molecule has 2 atom stereocenters. The van der Waals surface area contributed by atoms with E-state index in [9.17, 15) is 17.9 Å². The predicted octanol–water partition coefficient (Wildman–Crippen LogP) is 1.58. The van der Waals surface area contributed by atoms with Crippen molar-refractivity contribution in [3.8, 4) is 0 Å². The van der Waals surface area contributed by atoms with Crippen molar-refractivity contribution in [2.45, 2.75) is 48.0 Å². The smallest absolute Gasteiger partial charge is 0.267 e. The molecule has 6 nitrogen and oxygen atoms in total. The Morgan fingerprint density at radius 2 is 1.87 bits per heavy atom. The van der Waals surface area contributed by atoms with Gasteiger partial charge in [0.2, 0.25) is 9.84 Å². The van der Waals surface area contributed by atoms with E-state index >= 15 is 0 Å². The summed E-state index contributed by atoms with van der Waals surface area (Å²) in [7, 11) is -3.71. The maximum atomic E-state index is 14.3. The second-order valence-electron chi connectivity index (χ2n) is 6.12. The van der Waals surface area contributed by atoms with E-state index in [2.05, 4.69) is 10.1 Å². The van der Waals surface area contributed by atoms with Crippen LogP contribution in [0.25, 0.3) is 0 Å². The zero-order valence-electron chi connectivity index (χ0n) is 12.2. The van der Waals surface area contributed by atoms with Crippen molar-refractivity contribution in [3.63, 3.8) is 0 Å². The predicted molar refractivity (Wildman–Crippen MR) is 79.3 cm³/mol. The van der Waals surface area contributed by atoms with E-state index in [-0.39, 0.29) is 36.3 Å². The summed E-state index contributed by atoms with van der Waals surface area (Å²) >= 11 is 0. The molecule has 0 unspecified atom stereocenters. The molecule has 1 saturated carbocycles. The molecule has 1 aliphatic carbocycles. The Morgan fingerprint density at radius 3 is 2.52 bits per heavy atom. The van der Waals surface area contributed by atoms with E-state index in [1.54, 1.807) is 0 Å². The lowest BCUT2D eigenvalue weighted by molar-refractivity contribution is 0.0975. The summed E-state index contributed by atoms with van der Waals surface area (Å²) in [5.41, 5.74) is 0.877. The quantitative estimate of drug-likeness (QED) is 0.919. The van der Waals surface area contributed by atoms with Crippen molar-refractivity contribution in [1.29, 1.82) is 0 Å². The van der Waals surface area contributed by atoms with Crippen molar-refractivity contribution in [1.82, 2.24) is 14.8 Å². The first-order valence-corrected chi connectivity index (χ1v) is 9.09. The normalized spacial score (nSPS) is 30.0. The van der Waals surface area contributed by atoms with Gasteiger partial charge in [0.1, 0.15) is 0 Å². The average Bonchev–Trinajstić information content (AvgIpc) is 3.06. The second-order valence-corrected chi connectivity index (χ2v) is 8.24. The molecular weight excluding hydrogens is 321 g/mol. The molecule has 0 bridgehead atoms. The maximum absolute atomic E-state index is 14.3. The van der Waals surface area contributed by atoms with Crippen LogP contribution in [0.2, 0.25) is 0 Å². The Labute approximate surface area is 132 Å². The molecule has 4 rings (SSSR count). The van der Waals surface area contributed by atoms with E-state index in [1.165, 1.54) is 4.68 Å². The third kappa shape index (κ3) is 2.28. The molecule has 1 aromatic heterocycles. The van der Waals surface area contributed by atoms with Crippen molar-refractivity contribution in [2.75, 3.05) is 0 Å². The fraction of sp³-hybridized carbons (Fsp3) is 0.467. The van der Waals surface area contributed by atoms with Crippen LogP contribution in [-0.4, -0.2) is 39.6 Å². The molecule has 2 aliphatic rings. The highest BCUT2D eigenvalue weighted by atomic mass is 32.2. The van der Waals surface area contributed by atoms with Gasteiger partial charge in [0, 0.05) is 6.42 Å². The summed E-state index contributed by atoms with van der Waals surface area (Å²) in [5.74, 6) is 0.0669. The summed E-state index contributed by atoms with van der Waals surface area (Å²) in [6, 6.07) is 8.96. The van der Waals surface area contributed by atoms with Crippen molar-refractivity contribution in [2.24, 2.45) is 0 Å². The molecule has 23 heavy (non-hydrogen) atoms. The van der Waals surface area contributed by atoms with E-state index in [0.717, 1.165) is 5.56 Å². The Bertz CT molecular complexity index is 831. The first kappa shape index (κ1) is 14.8. The third-order valence-electron chi connectivity index (χ3n) is 4.59. The van der Waals surface area contributed by atoms with Gasteiger partial charge >= 0.3 is 0 Å². The monoisotopic (exact) mass is 337 g/mol. The first-order valence-electron chi connectivity index (χ1n) is 7.54. The van der Waals surface area contributed by atoms with Crippen LogP contribution in [0.5, 0.6) is 0 Å². The van der Waals surface area contributed by atoms with Crippen LogP contribution >= 0.6 is 0 Å². The van der Waals surface area contributed by atoms with Crippen molar-refractivity contribution < 1.29 is 17.9 Å². The molecular formula is C15H16FN3O3S. The van der Waals surface area contributed by atoms with Crippen molar-refractivity contribution in [3.05, 3.63) is 41.7 Å². The minimum atomic E-state index is -3.71.